The average Bonchev–Trinajstić information content (AvgIpc) is 3.67. The zero-order chi connectivity index (χ0) is 28.6. The molecule has 0 fully saturated rings. The fourth-order valence-corrected chi connectivity index (χ4v) is 7.10. The Morgan fingerprint density at radius 1 is 0.390 bits per heavy atom. The van der Waals surface area contributed by atoms with Crippen molar-refractivity contribution in [2.45, 2.75) is 107 Å². The van der Waals surface area contributed by atoms with E-state index >= 15 is 0 Å². The molecule has 0 saturated heterocycles. The van der Waals surface area contributed by atoms with Crippen molar-refractivity contribution in [2.75, 3.05) is 0 Å². The van der Waals surface area contributed by atoms with Gasteiger partial charge in [-0.1, -0.05) is 55.4 Å². The van der Waals surface area contributed by atoms with Gasteiger partial charge in [0.2, 0.25) is 0 Å². The SMILES string of the molecule is CCC1=C(CC)c2cc3[nH]c(cc4[nH]c(cc5nc(cc1n2)C(CC)=C5CC)c(CC)c4CC)c(CC)c3CC.[In+3]. The number of aromatic amines is 2. The fourth-order valence-electron chi connectivity index (χ4n) is 7.10. The van der Waals surface area contributed by atoms with Crippen LogP contribution in [0, 0.1) is 0 Å². The minimum atomic E-state index is 0. The monoisotopic (exact) mass is 649 g/mol. The van der Waals surface area contributed by atoms with Gasteiger partial charge in [0.15, 0.2) is 0 Å². The van der Waals surface area contributed by atoms with Gasteiger partial charge in [0.1, 0.15) is 0 Å². The number of fused-ring (bicyclic) bond motifs is 8. The van der Waals surface area contributed by atoms with E-state index in [-0.39, 0.29) is 25.8 Å². The van der Waals surface area contributed by atoms with Crippen LogP contribution in [0.4, 0.5) is 0 Å². The first-order chi connectivity index (χ1) is 19.5. The van der Waals surface area contributed by atoms with Gasteiger partial charge in [-0.05, 0) is 120 Å². The predicted octanol–water partition coefficient (Wildman–Crippen LogP) is 9.65. The van der Waals surface area contributed by atoms with Gasteiger partial charge >= 0.3 is 25.8 Å². The Kier molecular flexibility index (Phi) is 10.1. The van der Waals surface area contributed by atoms with Crippen LogP contribution >= 0.6 is 0 Å². The van der Waals surface area contributed by atoms with Crippen molar-refractivity contribution in [3.8, 4) is 0 Å². The molecule has 3 aromatic heterocycles. The second-order valence-corrected chi connectivity index (χ2v) is 10.9. The number of aryl methyl sites for hydroxylation is 4. The van der Waals surface area contributed by atoms with Gasteiger partial charge in [-0.3, -0.25) is 0 Å². The molecule has 0 aliphatic carbocycles. The number of rotatable bonds is 8. The summed E-state index contributed by atoms with van der Waals surface area (Å²) in [4.78, 5) is 18.2. The molecular weight excluding hydrogens is 603 g/mol. The van der Waals surface area contributed by atoms with Crippen molar-refractivity contribution in [3.05, 3.63) is 69.3 Å². The molecule has 0 amide bonds. The van der Waals surface area contributed by atoms with E-state index < -0.39 is 0 Å². The first kappa shape index (κ1) is 31.4. The zero-order valence-electron chi connectivity index (χ0n) is 26.4. The van der Waals surface area contributed by atoms with E-state index in [1.165, 1.54) is 66.6 Å². The number of H-pyrrole nitrogens is 2. The third kappa shape index (κ3) is 5.40. The minimum absolute atomic E-state index is 0. The van der Waals surface area contributed by atoms with Crippen molar-refractivity contribution >= 4 is 70.2 Å². The summed E-state index contributed by atoms with van der Waals surface area (Å²) in [5.74, 6) is 0. The van der Waals surface area contributed by atoms with Gasteiger partial charge in [-0.2, -0.15) is 0 Å². The largest absolute Gasteiger partial charge is 3.00 e. The van der Waals surface area contributed by atoms with E-state index in [1.54, 1.807) is 0 Å². The number of aromatic nitrogens is 4. The number of nitrogens with one attached hydrogen (secondary N) is 2. The summed E-state index contributed by atoms with van der Waals surface area (Å²) in [6.45, 7) is 18.1. The molecule has 5 rings (SSSR count). The molecule has 0 aromatic carbocycles. The van der Waals surface area contributed by atoms with Crippen LogP contribution in [0.5, 0.6) is 0 Å². The van der Waals surface area contributed by atoms with Crippen LogP contribution < -0.4 is 0 Å². The quantitative estimate of drug-likeness (QED) is 0.255. The molecule has 2 N–H and O–H groups in total. The molecule has 5 heterocycles. The smallest absolute Gasteiger partial charge is 0.355 e. The fraction of sp³-hybridized carbons (Fsp3) is 0.444. The average molecular weight is 650 g/mol. The normalized spacial score (nSPS) is 13.3. The molecule has 210 valence electrons. The van der Waals surface area contributed by atoms with E-state index in [0.29, 0.717) is 0 Å². The Bertz CT molecular complexity index is 1560. The van der Waals surface area contributed by atoms with Gasteiger partial charge in [0, 0.05) is 22.1 Å². The summed E-state index contributed by atoms with van der Waals surface area (Å²) >= 11 is 0. The summed E-state index contributed by atoms with van der Waals surface area (Å²) in [6.07, 6.45) is 7.84. The zero-order valence-corrected chi connectivity index (χ0v) is 29.7. The third-order valence-electron chi connectivity index (χ3n) is 8.97. The Hall–Kier alpha value is -2.53. The van der Waals surface area contributed by atoms with Gasteiger partial charge in [-0.15, -0.1) is 0 Å². The maximum Gasteiger partial charge on any atom is 3.00 e. The number of nitrogens with zero attached hydrogens (tertiary/aromatic N) is 2. The summed E-state index contributed by atoms with van der Waals surface area (Å²) < 4.78 is 0. The second-order valence-electron chi connectivity index (χ2n) is 10.9. The number of hydrogen-bond acceptors (Lipinski definition) is 2. The van der Waals surface area contributed by atoms with Gasteiger partial charge < -0.3 is 9.97 Å². The predicted molar refractivity (Wildman–Crippen MR) is 179 cm³/mol. The van der Waals surface area contributed by atoms with Gasteiger partial charge in [0.25, 0.3) is 0 Å². The molecule has 0 unspecified atom stereocenters. The van der Waals surface area contributed by atoms with Crippen LogP contribution in [0.2, 0.25) is 0 Å². The minimum Gasteiger partial charge on any atom is -0.355 e. The first-order valence-electron chi connectivity index (χ1n) is 15.7. The van der Waals surface area contributed by atoms with Crippen LogP contribution in [0.3, 0.4) is 0 Å². The Morgan fingerprint density at radius 2 is 0.659 bits per heavy atom. The molecular formula is C36H46InN4+3. The number of hydrogen-bond donors (Lipinski definition) is 2. The van der Waals surface area contributed by atoms with Crippen molar-refractivity contribution in [1.29, 1.82) is 0 Å². The van der Waals surface area contributed by atoms with E-state index in [2.05, 4.69) is 89.6 Å². The molecule has 5 heteroatoms. The topological polar surface area (TPSA) is 57.4 Å². The Morgan fingerprint density at radius 3 is 0.927 bits per heavy atom. The Labute approximate surface area is 265 Å². The molecule has 0 radical (unpaired) electrons. The maximum absolute atomic E-state index is 5.28. The molecule has 4 nitrogen and oxygen atoms in total. The van der Waals surface area contributed by atoms with Crippen LogP contribution in [0.15, 0.2) is 24.3 Å². The van der Waals surface area contributed by atoms with E-state index in [9.17, 15) is 0 Å². The van der Waals surface area contributed by atoms with E-state index in [0.717, 1.165) is 74.1 Å². The Balaban J connectivity index is 0.00000387. The van der Waals surface area contributed by atoms with Gasteiger partial charge in [-0.25, -0.2) is 9.97 Å². The van der Waals surface area contributed by atoms with E-state index in [4.69, 9.17) is 9.97 Å². The van der Waals surface area contributed by atoms with Crippen LogP contribution in [0.25, 0.3) is 44.4 Å². The number of allylic oxidation sites excluding steroid dienone is 4. The van der Waals surface area contributed by atoms with Crippen molar-refractivity contribution in [2.24, 2.45) is 0 Å². The molecule has 0 spiro atoms. The van der Waals surface area contributed by atoms with Crippen LogP contribution in [-0.2, 0) is 25.7 Å². The summed E-state index contributed by atoms with van der Waals surface area (Å²) in [6, 6.07) is 9.24. The van der Waals surface area contributed by atoms with Crippen LogP contribution in [-0.4, -0.2) is 45.8 Å². The molecule has 2 aliphatic heterocycles. The summed E-state index contributed by atoms with van der Waals surface area (Å²) in [5, 5.41) is 0. The molecule has 41 heavy (non-hydrogen) atoms. The molecule has 8 bridgehead atoms. The summed E-state index contributed by atoms with van der Waals surface area (Å²) in [5.41, 5.74) is 20.2. The van der Waals surface area contributed by atoms with Gasteiger partial charge in [0.05, 0.1) is 22.8 Å². The van der Waals surface area contributed by atoms with Crippen LogP contribution in [0.1, 0.15) is 126 Å². The summed E-state index contributed by atoms with van der Waals surface area (Å²) in [7, 11) is 0. The maximum atomic E-state index is 5.28. The molecule has 2 aliphatic rings. The van der Waals surface area contributed by atoms with Crippen molar-refractivity contribution < 1.29 is 0 Å². The molecule has 0 atom stereocenters. The standard InChI is InChI=1S/C36H46N4.In/c1-9-21-22(10-2)30-18-32-25(13-5)26(14-6)34(39-32)20-36-28(16-8)27(15-7)35(40-36)19-33-24(12-4)23(11-3)31(38-33)17-29(21)37-30;/h17-20,37-38H,9-16H2,1-8H3;/q;+3. The second kappa shape index (κ2) is 13.2. The molecule has 3 aromatic rings. The van der Waals surface area contributed by atoms with Crippen molar-refractivity contribution in [3.63, 3.8) is 0 Å². The first-order valence-corrected chi connectivity index (χ1v) is 15.7. The van der Waals surface area contributed by atoms with Crippen molar-refractivity contribution in [1.82, 2.24) is 19.9 Å². The van der Waals surface area contributed by atoms with E-state index in [1.807, 2.05) is 0 Å². The third-order valence-corrected chi connectivity index (χ3v) is 8.97. The molecule has 0 saturated carbocycles.